The first-order valence-electron chi connectivity index (χ1n) is 6.30. The minimum atomic E-state index is -0.753. The first-order valence-corrected chi connectivity index (χ1v) is 6.30. The number of carbonyl (C=O) groups is 1. The summed E-state index contributed by atoms with van der Waals surface area (Å²) in [7, 11) is 1.47. The van der Waals surface area contributed by atoms with Crippen molar-refractivity contribution in [2.75, 3.05) is 13.7 Å². The van der Waals surface area contributed by atoms with E-state index in [2.05, 4.69) is 0 Å². The Kier molecular flexibility index (Phi) is 6.69. The molecule has 0 unspecified atom stereocenters. The van der Waals surface area contributed by atoms with Gasteiger partial charge >= 0.3 is 6.16 Å². The summed E-state index contributed by atoms with van der Waals surface area (Å²) in [6.07, 6.45) is 3.97. The molecule has 0 N–H and O–H groups in total. The van der Waals surface area contributed by atoms with E-state index in [-0.39, 0.29) is 5.75 Å². The number of methoxy groups -OCH3 is 1. The summed E-state index contributed by atoms with van der Waals surface area (Å²) in [5.74, 6) is 0.681. The molecule has 1 aromatic rings. The maximum absolute atomic E-state index is 11.5. The Morgan fingerprint density at radius 1 is 1.40 bits per heavy atom. The Morgan fingerprint density at radius 2 is 2.20 bits per heavy atom. The highest BCUT2D eigenvalue weighted by atomic mass is 16.7. The lowest BCUT2D eigenvalue weighted by atomic mass is 10.2. The van der Waals surface area contributed by atoms with E-state index in [1.165, 1.54) is 13.2 Å². The molecule has 0 bridgehead atoms. The molecule has 20 heavy (non-hydrogen) atoms. The highest BCUT2D eigenvalue weighted by Crippen LogP contribution is 2.28. The Hall–Kier alpha value is -2.48. The molecule has 0 heterocycles. The van der Waals surface area contributed by atoms with E-state index in [9.17, 15) is 4.79 Å². The van der Waals surface area contributed by atoms with Crippen LogP contribution >= 0.6 is 0 Å². The van der Waals surface area contributed by atoms with Crippen molar-refractivity contribution in [3.8, 4) is 17.6 Å². The maximum atomic E-state index is 11.5. The number of hydrogen-bond donors (Lipinski definition) is 0. The second-order valence-electron chi connectivity index (χ2n) is 3.93. The van der Waals surface area contributed by atoms with Crippen LogP contribution in [-0.2, 0) is 4.74 Å². The molecule has 0 aliphatic carbocycles. The second-order valence-corrected chi connectivity index (χ2v) is 3.93. The van der Waals surface area contributed by atoms with Gasteiger partial charge in [0.25, 0.3) is 0 Å². The van der Waals surface area contributed by atoms with Crippen LogP contribution in [0.4, 0.5) is 4.79 Å². The largest absolute Gasteiger partial charge is 0.513 e. The third kappa shape index (κ3) is 5.02. The number of hydrogen-bond acceptors (Lipinski definition) is 5. The van der Waals surface area contributed by atoms with Gasteiger partial charge in [0.15, 0.2) is 11.5 Å². The molecule has 5 heteroatoms. The van der Waals surface area contributed by atoms with Gasteiger partial charge in [-0.1, -0.05) is 19.4 Å². The topological polar surface area (TPSA) is 68.5 Å². The quantitative estimate of drug-likeness (QED) is 0.344. The number of allylic oxidation sites excluding steroid dienone is 1. The summed E-state index contributed by atoms with van der Waals surface area (Å²) in [5, 5.41) is 8.48. The van der Waals surface area contributed by atoms with Crippen LogP contribution in [-0.4, -0.2) is 19.9 Å². The summed E-state index contributed by atoms with van der Waals surface area (Å²) in [5.41, 5.74) is 0.773. The molecule has 1 aromatic carbocycles. The molecule has 0 atom stereocenters. The van der Waals surface area contributed by atoms with Crippen molar-refractivity contribution in [2.24, 2.45) is 0 Å². The Bertz CT molecular complexity index is 517. The molecule has 0 fully saturated rings. The average Bonchev–Trinajstić information content (AvgIpc) is 2.46. The fourth-order valence-corrected chi connectivity index (χ4v) is 1.42. The van der Waals surface area contributed by atoms with Crippen LogP contribution in [0, 0.1) is 11.3 Å². The summed E-state index contributed by atoms with van der Waals surface area (Å²) >= 11 is 0. The number of ether oxygens (including phenoxy) is 3. The van der Waals surface area contributed by atoms with Gasteiger partial charge in [0.1, 0.15) is 0 Å². The van der Waals surface area contributed by atoms with Gasteiger partial charge in [-0.15, -0.1) is 0 Å². The third-order valence-electron chi connectivity index (χ3n) is 2.45. The zero-order valence-electron chi connectivity index (χ0n) is 11.6. The molecular formula is C15H17NO4. The Labute approximate surface area is 118 Å². The average molecular weight is 275 g/mol. The van der Waals surface area contributed by atoms with E-state index in [1.54, 1.807) is 24.3 Å². The number of benzene rings is 1. The molecule has 0 aliphatic rings. The van der Waals surface area contributed by atoms with E-state index in [4.69, 9.17) is 19.5 Å². The molecule has 0 radical (unpaired) electrons. The summed E-state index contributed by atoms with van der Waals surface area (Å²) < 4.78 is 15.1. The van der Waals surface area contributed by atoms with Crippen LogP contribution in [0.25, 0.3) is 6.08 Å². The second kappa shape index (κ2) is 8.59. The van der Waals surface area contributed by atoms with E-state index < -0.39 is 6.16 Å². The smallest absolute Gasteiger partial charge is 0.493 e. The van der Waals surface area contributed by atoms with Gasteiger partial charge in [-0.2, -0.15) is 5.26 Å². The van der Waals surface area contributed by atoms with E-state index >= 15 is 0 Å². The molecule has 106 valence electrons. The SMILES string of the molecule is CCCCOC(=O)Oc1ccc(/C=C\C#N)cc1OC. The van der Waals surface area contributed by atoms with Gasteiger partial charge in [0, 0.05) is 6.08 Å². The lowest BCUT2D eigenvalue weighted by Crippen LogP contribution is -2.12. The Morgan fingerprint density at radius 3 is 2.85 bits per heavy atom. The van der Waals surface area contributed by atoms with Crippen LogP contribution in [0.2, 0.25) is 0 Å². The van der Waals surface area contributed by atoms with Crippen molar-refractivity contribution in [1.29, 1.82) is 5.26 Å². The van der Waals surface area contributed by atoms with E-state index in [0.29, 0.717) is 12.4 Å². The van der Waals surface area contributed by atoms with Crippen molar-refractivity contribution in [3.05, 3.63) is 29.8 Å². The lowest BCUT2D eigenvalue weighted by molar-refractivity contribution is 0.0967. The zero-order valence-corrected chi connectivity index (χ0v) is 11.6. The van der Waals surface area contributed by atoms with Crippen molar-refractivity contribution in [2.45, 2.75) is 19.8 Å². The number of carbonyl (C=O) groups excluding carboxylic acids is 1. The molecule has 0 saturated heterocycles. The molecule has 0 spiro atoms. The molecular weight excluding hydrogens is 258 g/mol. The van der Waals surface area contributed by atoms with Crippen LogP contribution in [0.3, 0.4) is 0 Å². The van der Waals surface area contributed by atoms with Crippen LogP contribution in [0.15, 0.2) is 24.3 Å². The highest BCUT2D eigenvalue weighted by molar-refractivity contribution is 5.66. The van der Waals surface area contributed by atoms with Crippen LogP contribution < -0.4 is 9.47 Å². The highest BCUT2D eigenvalue weighted by Gasteiger charge is 2.11. The minimum Gasteiger partial charge on any atom is -0.493 e. The molecule has 0 saturated carbocycles. The fourth-order valence-electron chi connectivity index (χ4n) is 1.42. The van der Waals surface area contributed by atoms with Crippen molar-refractivity contribution in [1.82, 2.24) is 0 Å². The van der Waals surface area contributed by atoms with Gasteiger partial charge in [-0.25, -0.2) is 4.79 Å². The Balaban J connectivity index is 2.72. The monoisotopic (exact) mass is 275 g/mol. The summed E-state index contributed by atoms with van der Waals surface area (Å²) in [6, 6.07) is 6.88. The summed E-state index contributed by atoms with van der Waals surface area (Å²) in [6.45, 7) is 2.34. The standard InChI is InChI=1S/C15H17NO4/c1-3-4-10-19-15(17)20-13-8-7-12(6-5-9-16)11-14(13)18-2/h5-8,11H,3-4,10H2,1-2H3/b6-5-. The van der Waals surface area contributed by atoms with Gasteiger partial charge in [0.05, 0.1) is 19.8 Å². The molecule has 0 aromatic heterocycles. The number of unbranched alkanes of at least 4 members (excludes halogenated alkanes) is 1. The molecule has 0 amide bonds. The predicted octanol–water partition coefficient (Wildman–Crippen LogP) is 3.55. The number of rotatable bonds is 6. The number of nitrogens with zero attached hydrogens (tertiary/aromatic N) is 1. The minimum absolute atomic E-state index is 0.281. The fraction of sp³-hybridized carbons (Fsp3) is 0.333. The van der Waals surface area contributed by atoms with E-state index in [0.717, 1.165) is 18.4 Å². The van der Waals surface area contributed by atoms with Gasteiger partial charge in [0.2, 0.25) is 0 Å². The third-order valence-corrected chi connectivity index (χ3v) is 2.45. The lowest BCUT2D eigenvalue weighted by Gasteiger charge is -2.10. The first kappa shape index (κ1) is 15.6. The molecule has 0 aliphatic heterocycles. The normalized spacial score (nSPS) is 10.1. The van der Waals surface area contributed by atoms with Crippen molar-refractivity contribution < 1.29 is 19.0 Å². The van der Waals surface area contributed by atoms with Crippen molar-refractivity contribution >= 4 is 12.2 Å². The van der Waals surface area contributed by atoms with Crippen LogP contribution in [0.1, 0.15) is 25.3 Å². The first-order chi connectivity index (χ1) is 9.71. The zero-order chi connectivity index (χ0) is 14.8. The number of nitriles is 1. The van der Waals surface area contributed by atoms with Gasteiger partial charge < -0.3 is 14.2 Å². The molecule has 5 nitrogen and oxygen atoms in total. The maximum Gasteiger partial charge on any atom is 0.513 e. The van der Waals surface area contributed by atoms with Gasteiger partial charge in [-0.3, -0.25) is 0 Å². The van der Waals surface area contributed by atoms with Crippen LogP contribution in [0.5, 0.6) is 11.5 Å². The van der Waals surface area contributed by atoms with Gasteiger partial charge in [-0.05, 0) is 30.2 Å². The summed E-state index contributed by atoms with van der Waals surface area (Å²) in [4.78, 5) is 11.5. The van der Waals surface area contributed by atoms with E-state index in [1.807, 2.05) is 13.0 Å². The predicted molar refractivity (Wildman–Crippen MR) is 74.5 cm³/mol. The molecule has 1 rings (SSSR count). The van der Waals surface area contributed by atoms with Crippen molar-refractivity contribution in [3.63, 3.8) is 0 Å².